The smallest absolute Gasteiger partial charge is 0.266 e. The van der Waals surface area contributed by atoms with Crippen LogP contribution in [0.4, 0.5) is 0 Å². The molecule has 170 valence electrons. The van der Waals surface area contributed by atoms with Gasteiger partial charge in [-0.05, 0) is 48.5 Å². The maximum Gasteiger partial charge on any atom is 0.266 e. The van der Waals surface area contributed by atoms with Crippen LogP contribution in [0, 0.1) is 0 Å². The Morgan fingerprint density at radius 3 is 2.48 bits per heavy atom. The van der Waals surface area contributed by atoms with Gasteiger partial charge in [0.25, 0.3) is 5.56 Å². The molecule has 0 bridgehead atoms. The molecule has 0 amide bonds. The van der Waals surface area contributed by atoms with Gasteiger partial charge in [0.05, 0.1) is 35.2 Å². The number of methoxy groups -OCH3 is 1. The highest BCUT2D eigenvalue weighted by Gasteiger charge is 2.14. The van der Waals surface area contributed by atoms with E-state index in [0.29, 0.717) is 45.6 Å². The van der Waals surface area contributed by atoms with Crippen LogP contribution >= 0.6 is 11.8 Å². The third-order valence-electron chi connectivity index (χ3n) is 4.79. The largest absolute Gasteiger partial charge is 0.497 e. The molecular weight excluding hydrogens is 462 g/mol. The molecule has 1 heterocycles. The first kappa shape index (κ1) is 22.8. The van der Waals surface area contributed by atoms with Gasteiger partial charge in [0, 0.05) is 11.8 Å². The number of hydrogen-bond acceptors (Lipinski definition) is 7. The molecule has 0 unspecified atom stereocenters. The third kappa shape index (κ3) is 5.19. The minimum absolute atomic E-state index is 0.0203. The van der Waals surface area contributed by atoms with E-state index < -0.39 is 10.0 Å². The first-order valence-corrected chi connectivity index (χ1v) is 12.4. The molecule has 0 radical (unpaired) electrons. The quantitative estimate of drug-likeness (QED) is 0.233. The normalized spacial score (nSPS) is 11.5. The molecule has 2 N–H and O–H groups in total. The lowest BCUT2D eigenvalue weighted by atomic mass is 10.2. The van der Waals surface area contributed by atoms with Gasteiger partial charge >= 0.3 is 0 Å². The van der Waals surface area contributed by atoms with Crippen molar-refractivity contribution in [1.29, 1.82) is 0 Å². The van der Waals surface area contributed by atoms with Crippen LogP contribution in [0.5, 0.6) is 11.5 Å². The van der Waals surface area contributed by atoms with Crippen LogP contribution in [0.15, 0.2) is 87.6 Å². The molecule has 0 spiro atoms. The summed E-state index contributed by atoms with van der Waals surface area (Å²) >= 11 is 1.38. The average Bonchev–Trinajstić information content (AvgIpc) is 2.82. The third-order valence-corrected chi connectivity index (χ3v) is 6.62. The van der Waals surface area contributed by atoms with E-state index in [4.69, 9.17) is 19.6 Å². The Morgan fingerprint density at radius 1 is 1.00 bits per heavy atom. The summed E-state index contributed by atoms with van der Waals surface area (Å²) in [5.41, 5.74) is 1.10. The number of rotatable bonds is 8. The van der Waals surface area contributed by atoms with Crippen LogP contribution in [0.1, 0.15) is 0 Å². The van der Waals surface area contributed by atoms with Crippen LogP contribution in [0.25, 0.3) is 16.6 Å². The predicted octanol–water partition coefficient (Wildman–Crippen LogP) is 3.21. The molecule has 4 aromatic rings. The summed E-state index contributed by atoms with van der Waals surface area (Å²) < 4.78 is 35.3. The number of hydrogen-bond donors (Lipinski definition) is 1. The van der Waals surface area contributed by atoms with Crippen LogP contribution < -0.4 is 20.2 Å². The number of nitrogens with zero attached hydrogens (tertiary/aromatic N) is 2. The van der Waals surface area contributed by atoms with E-state index in [9.17, 15) is 13.2 Å². The number of benzene rings is 3. The van der Waals surface area contributed by atoms with Crippen LogP contribution in [-0.4, -0.2) is 37.4 Å². The Kier molecular flexibility index (Phi) is 6.68. The minimum atomic E-state index is -3.75. The molecule has 0 fully saturated rings. The maximum atomic E-state index is 13.3. The molecule has 0 aliphatic heterocycles. The minimum Gasteiger partial charge on any atom is -0.497 e. The molecule has 33 heavy (non-hydrogen) atoms. The fourth-order valence-corrected chi connectivity index (χ4v) is 4.55. The molecule has 0 aliphatic rings. The van der Waals surface area contributed by atoms with Gasteiger partial charge in [-0.3, -0.25) is 9.36 Å². The van der Waals surface area contributed by atoms with Gasteiger partial charge in [-0.25, -0.2) is 18.5 Å². The molecule has 1 aromatic heterocycles. The molecule has 0 saturated heterocycles. The number of sulfonamides is 1. The zero-order valence-corrected chi connectivity index (χ0v) is 19.3. The lowest BCUT2D eigenvalue weighted by Crippen LogP contribution is -2.22. The first-order valence-electron chi connectivity index (χ1n) is 9.91. The number of aromatic nitrogens is 2. The van der Waals surface area contributed by atoms with Crippen molar-refractivity contribution in [1.82, 2.24) is 9.55 Å². The average molecular weight is 484 g/mol. The summed E-state index contributed by atoms with van der Waals surface area (Å²) in [6.07, 6.45) is 0. The number of para-hydroxylation sites is 1. The van der Waals surface area contributed by atoms with Gasteiger partial charge in [-0.15, -0.1) is 0 Å². The van der Waals surface area contributed by atoms with Crippen molar-refractivity contribution in [3.63, 3.8) is 0 Å². The second kappa shape index (κ2) is 9.65. The van der Waals surface area contributed by atoms with Gasteiger partial charge in [0.1, 0.15) is 11.5 Å². The summed E-state index contributed by atoms with van der Waals surface area (Å²) in [4.78, 5) is 18.0. The fraction of sp³-hybridized carbons (Fsp3) is 0.130. The van der Waals surface area contributed by atoms with E-state index in [2.05, 4.69) is 0 Å². The zero-order chi connectivity index (χ0) is 23.4. The monoisotopic (exact) mass is 483 g/mol. The van der Waals surface area contributed by atoms with E-state index in [1.54, 1.807) is 42.0 Å². The van der Waals surface area contributed by atoms with E-state index in [0.717, 1.165) is 0 Å². The molecule has 3 aromatic carbocycles. The lowest BCUT2D eigenvalue weighted by molar-refractivity contribution is 0.343. The SMILES string of the molecule is COc1cccc(-n2c(SCCOc3ccc(S(N)(=O)=O)cc3)nc3ccccc3c2=O)c1. The molecule has 0 aliphatic carbocycles. The van der Waals surface area contributed by atoms with Gasteiger partial charge in [0.2, 0.25) is 10.0 Å². The van der Waals surface area contributed by atoms with E-state index in [-0.39, 0.29) is 10.5 Å². The first-order chi connectivity index (χ1) is 15.9. The number of fused-ring (bicyclic) bond motifs is 1. The molecule has 10 heteroatoms. The van der Waals surface area contributed by atoms with Gasteiger partial charge in [-0.2, -0.15) is 0 Å². The summed E-state index contributed by atoms with van der Waals surface area (Å²) in [5, 5.41) is 6.16. The van der Waals surface area contributed by atoms with Crippen molar-refractivity contribution < 1.29 is 17.9 Å². The van der Waals surface area contributed by atoms with Crippen molar-refractivity contribution >= 4 is 32.7 Å². The van der Waals surface area contributed by atoms with Gasteiger partial charge in [-0.1, -0.05) is 30.0 Å². The topological polar surface area (TPSA) is 114 Å². The zero-order valence-electron chi connectivity index (χ0n) is 17.7. The predicted molar refractivity (Wildman–Crippen MR) is 128 cm³/mol. The standard InChI is InChI=1S/C23H21N3O5S2/c1-30-18-6-4-5-16(15-18)26-22(27)20-7-2-3-8-21(20)25-23(26)32-14-13-31-17-9-11-19(12-10-17)33(24,28)29/h2-12,15H,13-14H2,1H3,(H2,24,28,29). The molecule has 0 atom stereocenters. The number of thioether (sulfide) groups is 1. The molecule has 4 rings (SSSR count). The fourth-order valence-electron chi connectivity index (χ4n) is 3.20. The molecule has 8 nitrogen and oxygen atoms in total. The number of ether oxygens (including phenoxy) is 2. The molecular formula is C23H21N3O5S2. The highest BCUT2D eigenvalue weighted by Crippen LogP contribution is 2.24. The Balaban J connectivity index is 1.57. The van der Waals surface area contributed by atoms with Crippen molar-refractivity contribution in [2.24, 2.45) is 5.14 Å². The Morgan fingerprint density at radius 2 is 1.76 bits per heavy atom. The van der Waals surface area contributed by atoms with Crippen LogP contribution in [0.2, 0.25) is 0 Å². The summed E-state index contributed by atoms with van der Waals surface area (Å²) in [5.74, 6) is 1.65. The van der Waals surface area contributed by atoms with E-state index in [1.807, 2.05) is 30.3 Å². The second-order valence-electron chi connectivity index (χ2n) is 6.97. The lowest BCUT2D eigenvalue weighted by Gasteiger charge is -2.14. The number of primary sulfonamides is 1. The van der Waals surface area contributed by atoms with Crippen molar-refractivity contribution in [2.45, 2.75) is 10.1 Å². The highest BCUT2D eigenvalue weighted by molar-refractivity contribution is 7.99. The number of nitrogens with two attached hydrogens (primary N) is 1. The van der Waals surface area contributed by atoms with Crippen LogP contribution in [-0.2, 0) is 10.0 Å². The Hall–Kier alpha value is -3.34. The Labute approximate surface area is 195 Å². The molecule has 0 saturated carbocycles. The Bertz CT molecular complexity index is 1450. The highest BCUT2D eigenvalue weighted by atomic mass is 32.2. The van der Waals surface area contributed by atoms with Crippen LogP contribution in [0.3, 0.4) is 0 Å². The van der Waals surface area contributed by atoms with Crippen molar-refractivity contribution in [2.75, 3.05) is 19.5 Å². The van der Waals surface area contributed by atoms with E-state index >= 15 is 0 Å². The van der Waals surface area contributed by atoms with Crippen molar-refractivity contribution in [3.8, 4) is 17.2 Å². The maximum absolute atomic E-state index is 13.3. The summed E-state index contributed by atoms with van der Waals surface area (Å²) in [7, 11) is -2.18. The summed E-state index contributed by atoms with van der Waals surface area (Å²) in [6.45, 7) is 0.320. The van der Waals surface area contributed by atoms with Gasteiger partial charge < -0.3 is 9.47 Å². The van der Waals surface area contributed by atoms with E-state index in [1.165, 1.54) is 23.9 Å². The van der Waals surface area contributed by atoms with Crippen molar-refractivity contribution in [3.05, 3.63) is 83.2 Å². The summed E-state index contributed by atoms with van der Waals surface area (Å²) in [6, 6.07) is 20.3. The second-order valence-corrected chi connectivity index (χ2v) is 9.59. The van der Waals surface area contributed by atoms with Gasteiger partial charge in [0.15, 0.2) is 5.16 Å².